The van der Waals surface area contributed by atoms with Crippen LogP contribution in [0, 0.1) is 11.6 Å². The molecular formula is C12H14F2N2O. The minimum Gasteiger partial charge on any atom is -0.379 e. The Morgan fingerprint density at radius 2 is 2.18 bits per heavy atom. The number of anilines is 1. The van der Waals surface area contributed by atoms with Crippen LogP contribution in [0.4, 0.5) is 14.5 Å². The Kier molecular flexibility index (Phi) is 3.56. The summed E-state index contributed by atoms with van der Waals surface area (Å²) in [6, 6.07) is 3.28. The largest absolute Gasteiger partial charge is 0.379 e. The summed E-state index contributed by atoms with van der Waals surface area (Å²) in [6.45, 7) is 0.656. The van der Waals surface area contributed by atoms with Gasteiger partial charge < -0.3 is 10.6 Å². The fourth-order valence-electron chi connectivity index (χ4n) is 1.92. The lowest BCUT2D eigenvalue weighted by atomic mass is 10.1. The predicted octanol–water partition coefficient (Wildman–Crippen LogP) is 2.05. The second-order valence-corrected chi connectivity index (χ2v) is 4.16. The Balaban J connectivity index is 2.06. The van der Waals surface area contributed by atoms with E-state index in [1.165, 1.54) is 12.1 Å². The molecule has 0 saturated carbocycles. The van der Waals surface area contributed by atoms with E-state index in [-0.39, 0.29) is 17.6 Å². The average Bonchev–Trinajstić information content (AvgIpc) is 2.47. The van der Waals surface area contributed by atoms with Crippen molar-refractivity contribution in [2.24, 2.45) is 0 Å². The zero-order chi connectivity index (χ0) is 12.3. The van der Waals surface area contributed by atoms with Crippen LogP contribution >= 0.6 is 0 Å². The normalized spacial score (nSPS) is 20.6. The minimum absolute atomic E-state index is 0.0393. The molecule has 0 bridgehead atoms. The zero-order valence-corrected chi connectivity index (χ0v) is 9.30. The molecule has 1 fully saturated rings. The molecule has 2 rings (SSSR count). The lowest BCUT2D eigenvalue weighted by Gasteiger charge is -2.17. The standard InChI is InChI=1S/C12H14F2N2O/c13-8-3-4-11(10(14)6-8)16-9-2-1-5-15-12(17)7-9/h3-4,6,9,16H,1-2,5,7H2,(H,15,17). The predicted molar refractivity (Wildman–Crippen MR) is 60.6 cm³/mol. The van der Waals surface area contributed by atoms with Gasteiger partial charge in [-0.2, -0.15) is 0 Å². The van der Waals surface area contributed by atoms with E-state index in [2.05, 4.69) is 10.6 Å². The van der Waals surface area contributed by atoms with Gasteiger partial charge >= 0.3 is 0 Å². The molecule has 17 heavy (non-hydrogen) atoms. The van der Waals surface area contributed by atoms with Gasteiger partial charge in [0.1, 0.15) is 11.6 Å². The van der Waals surface area contributed by atoms with E-state index >= 15 is 0 Å². The van der Waals surface area contributed by atoms with E-state index in [0.717, 1.165) is 18.9 Å². The number of rotatable bonds is 2. The highest BCUT2D eigenvalue weighted by molar-refractivity contribution is 5.77. The molecule has 5 heteroatoms. The number of carbonyl (C=O) groups is 1. The maximum Gasteiger partial charge on any atom is 0.222 e. The maximum absolute atomic E-state index is 13.4. The van der Waals surface area contributed by atoms with Crippen molar-refractivity contribution in [2.45, 2.75) is 25.3 Å². The highest BCUT2D eigenvalue weighted by atomic mass is 19.1. The van der Waals surface area contributed by atoms with Crippen LogP contribution in [0.15, 0.2) is 18.2 Å². The van der Waals surface area contributed by atoms with Crippen molar-refractivity contribution in [3.8, 4) is 0 Å². The second-order valence-electron chi connectivity index (χ2n) is 4.16. The van der Waals surface area contributed by atoms with Gasteiger partial charge in [0.15, 0.2) is 0 Å². The van der Waals surface area contributed by atoms with Crippen LogP contribution in [0.5, 0.6) is 0 Å². The van der Waals surface area contributed by atoms with Crippen LogP contribution in [0.25, 0.3) is 0 Å². The highest BCUT2D eigenvalue weighted by Gasteiger charge is 2.18. The smallest absolute Gasteiger partial charge is 0.222 e. The molecule has 1 heterocycles. The molecule has 1 aromatic carbocycles. The second kappa shape index (κ2) is 5.12. The molecule has 2 N–H and O–H groups in total. The molecule has 1 aromatic rings. The molecule has 1 aliphatic heterocycles. The minimum atomic E-state index is -0.630. The number of carbonyl (C=O) groups excluding carboxylic acids is 1. The van der Waals surface area contributed by atoms with Gasteiger partial charge in [0.05, 0.1) is 5.69 Å². The summed E-state index contributed by atoms with van der Waals surface area (Å²) in [6.07, 6.45) is 1.96. The summed E-state index contributed by atoms with van der Waals surface area (Å²) in [5.74, 6) is -1.27. The van der Waals surface area contributed by atoms with Gasteiger partial charge in [-0.15, -0.1) is 0 Å². The first kappa shape index (κ1) is 11.8. The molecule has 1 aliphatic rings. The Morgan fingerprint density at radius 1 is 1.35 bits per heavy atom. The van der Waals surface area contributed by atoms with Gasteiger partial charge in [0, 0.05) is 25.1 Å². The lowest BCUT2D eigenvalue weighted by Crippen LogP contribution is -2.27. The molecule has 92 valence electrons. The Hall–Kier alpha value is -1.65. The highest BCUT2D eigenvalue weighted by Crippen LogP contribution is 2.19. The molecular weight excluding hydrogens is 226 g/mol. The number of hydrogen-bond acceptors (Lipinski definition) is 2. The van der Waals surface area contributed by atoms with Crippen molar-refractivity contribution in [3.05, 3.63) is 29.8 Å². The third kappa shape index (κ3) is 3.15. The number of halogens is 2. The summed E-state index contributed by atoms with van der Waals surface area (Å²) < 4.78 is 26.1. The fraction of sp³-hybridized carbons (Fsp3) is 0.417. The van der Waals surface area contributed by atoms with Crippen molar-refractivity contribution in [2.75, 3.05) is 11.9 Å². The van der Waals surface area contributed by atoms with E-state index in [1.54, 1.807) is 0 Å². The molecule has 1 amide bonds. The molecule has 0 radical (unpaired) electrons. The number of amides is 1. The SMILES string of the molecule is O=C1CC(Nc2ccc(F)cc2F)CCCN1. The first-order valence-electron chi connectivity index (χ1n) is 5.63. The topological polar surface area (TPSA) is 41.1 Å². The van der Waals surface area contributed by atoms with Gasteiger partial charge in [0.2, 0.25) is 5.91 Å². The van der Waals surface area contributed by atoms with Crippen molar-refractivity contribution in [3.63, 3.8) is 0 Å². The summed E-state index contributed by atoms with van der Waals surface area (Å²) in [4.78, 5) is 11.3. The zero-order valence-electron chi connectivity index (χ0n) is 9.30. The van der Waals surface area contributed by atoms with Gasteiger partial charge in [-0.1, -0.05) is 0 Å². The molecule has 0 aliphatic carbocycles. The Morgan fingerprint density at radius 3 is 2.94 bits per heavy atom. The van der Waals surface area contributed by atoms with Crippen LogP contribution < -0.4 is 10.6 Å². The third-order valence-corrected chi connectivity index (χ3v) is 2.77. The maximum atomic E-state index is 13.4. The molecule has 0 aromatic heterocycles. The van der Waals surface area contributed by atoms with Gasteiger partial charge in [-0.25, -0.2) is 8.78 Å². The van der Waals surface area contributed by atoms with Gasteiger partial charge in [-0.05, 0) is 25.0 Å². The Labute approximate surface area is 98.2 Å². The van der Waals surface area contributed by atoms with Crippen molar-refractivity contribution in [1.29, 1.82) is 0 Å². The van der Waals surface area contributed by atoms with Crippen molar-refractivity contribution in [1.82, 2.24) is 5.32 Å². The third-order valence-electron chi connectivity index (χ3n) is 2.77. The molecule has 1 atom stereocenters. The van der Waals surface area contributed by atoms with Gasteiger partial charge in [0.25, 0.3) is 0 Å². The molecule has 1 saturated heterocycles. The van der Waals surface area contributed by atoms with Crippen LogP contribution in [0.3, 0.4) is 0 Å². The average molecular weight is 240 g/mol. The van der Waals surface area contributed by atoms with E-state index in [4.69, 9.17) is 0 Å². The number of hydrogen-bond donors (Lipinski definition) is 2. The summed E-state index contributed by atoms with van der Waals surface area (Å²) >= 11 is 0. The summed E-state index contributed by atoms with van der Waals surface area (Å²) in [7, 11) is 0. The number of benzene rings is 1. The molecule has 0 spiro atoms. The molecule has 3 nitrogen and oxygen atoms in total. The first-order chi connectivity index (χ1) is 8.15. The van der Waals surface area contributed by atoms with E-state index in [1.807, 2.05) is 0 Å². The Bertz CT molecular complexity index is 423. The van der Waals surface area contributed by atoms with Crippen LogP contribution in [0.2, 0.25) is 0 Å². The van der Waals surface area contributed by atoms with Crippen molar-refractivity contribution < 1.29 is 13.6 Å². The summed E-state index contributed by atoms with van der Waals surface area (Å²) in [5.41, 5.74) is 0.242. The van der Waals surface area contributed by atoms with Crippen LogP contribution in [-0.2, 0) is 4.79 Å². The summed E-state index contributed by atoms with van der Waals surface area (Å²) in [5, 5.41) is 5.70. The van der Waals surface area contributed by atoms with E-state index in [0.29, 0.717) is 13.0 Å². The monoisotopic (exact) mass is 240 g/mol. The molecule has 1 unspecified atom stereocenters. The quantitative estimate of drug-likeness (QED) is 0.830. The number of nitrogens with one attached hydrogen (secondary N) is 2. The lowest BCUT2D eigenvalue weighted by molar-refractivity contribution is -0.120. The van der Waals surface area contributed by atoms with E-state index in [9.17, 15) is 13.6 Å². The fourth-order valence-corrected chi connectivity index (χ4v) is 1.92. The first-order valence-corrected chi connectivity index (χ1v) is 5.63. The van der Waals surface area contributed by atoms with Crippen LogP contribution in [0.1, 0.15) is 19.3 Å². The van der Waals surface area contributed by atoms with Gasteiger partial charge in [-0.3, -0.25) is 4.79 Å². The van der Waals surface area contributed by atoms with Crippen molar-refractivity contribution >= 4 is 11.6 Å². The van der Waals surface area contributed by atoms with E-state index < -0.39 is 11.6 Å². The van der Waals surface area contributed by atoms with Crippen LogP contribution in [-0.4, -0.2) is 18.5 Å².